The molecule has 4 nitrogen and oxygen atoms in total. The molecule has 2 rings (SSSR count). The van der Waals surface area contributed by atoms with Crippen LogP contribution >= 0.6 is 0 Å². The molecule has 0 spiro atoms. The van der Waals surface area contributed by atoms with Crippen molar-refractivity contribution in [1.29, 1.82) is 5.26 Å². The number of hydrogen-bond acceptors (Lipinski definition) is 3. The maximum atomic E-state index is 9.27. The molecule has 0 aliphatic rings. The summed E-state index contributed by atoms with van der Waals surface area (Å²) in [4.78, 5) is 3.96. The Morgan fingerprint density at radius 2 is 2.12 bits per heavy atom. The van der Waals surface area contributed by atoms with E-state index in [0.29, 0.717) is 13.0 Å². The van der Waals surface area contributed by atoms with Gasteiger partial charge in [-0.2, -0.15) is 5.26 Å². The predicted octanol–water partition coefficient (Wildman–Crippen LogP) is 1.65. The van der Waals surface area contributed by atoms with Crippen molar-refractivity contribution in [2.75, 3.05) is 0 Å². The quantitative estimate of drug-likeness (QED) is 0.861. The largest absolute Gasteiger partial charge is 0.337 e. The van der Waals surface area contributed by atoms with E-state index in [1.165, 1.54) is 0 Å². The minimum Gasteiger partial charge on any atom is -0.337 e. The fraction of sp³-hybridized carbons (Fsp3) is 0.231. The third-order valence-corrected chi connectivity index (χ3v) is 2.81. The zero-order valence-electron chi connectivity index (χ0n) is 9.45. The van der Waals surface area contributed by atoms with Crippen LogP contribution in [0.1, 0.15) is 12.0 Å². The van der Waals surface area contributed by atoms with Crippen LogP contribution in [0, 0.1) is 11.3 Å². The Bertz CT molecular complexity index is 498. The van der Waals surface area contributed by atoms with Gasteiger partial charge in [-0.25, -0.2) is 4.98 Å². The molecule has 1 aromatic heterocycles. The molecule has 4 heteroatoms. The number of aryl methyl sites for hydroxylation is 1. The second-order valence-corrected chi connectivity index (χ2v) is 4.00. The van der Waals surface area contributed by atoms with Crippen molar-refractivity contribution in [3.63, 3.8) is 0 Å². The Balaban J connectivity index is 2.13. The van der Waals surface area contributed by atoms with Gasteiger partial charge < -0.3 is 10.3 Å². The van der Waals surface area contributed by atoms with Crippen molar-refractivity contribution in [1.82, 2.24) is 9.55 Å². The Morgan fingerprint density at radius 1 is 1.35 bits per heavy atom. The average molecular weight is 226 g/mol. The second kappa shape index (κ2) is 4.81. The maximum absolute atomic E-state index is 9.27. The van der Waals surface area contributed by atoms with Crippen LogP contribution in [0.5, 0.6) is 0 Å². The standard InChI is InChI=1S/C13H14N4/c14-10-13(15,12-4-2-1-3-5-12)6-8-17-9-7-16-11-17/h1-5,7,9,11H,6,8,15H2. The van der Waals surface area contributed by atoms with Crippen LogP contribution in [0.25, 0.3) is 0 Å². The lowest BCUT2D eigenvalue weighted by molar-refractivity contribution is 0.472. The lowest BCUT2D eigenvalue weighted by atomic mass is 9.89. The second-order valence-electron chi connectivity index (χ2n) is 4.00. The highest BCUT2D eigenvalue weighted by atomic mass is 15.0. The first-order valence-corrected chi connectivity index (χ1v) is 5.46. The summed E-state index contributed by atoms with van der Waals surface area (Å²) in [6.07, 6.45) is 5.86. The number of imidazole rings is 1. The fourth-order valence-electron chi connectivity index (χ4n) is 1.72. The van der Waals surface area contributed by atoms with E-state index in [9.17, 15) is 5.26 Å². The highest BCUT2D eigenvalue weighted by molar-refractivity contribution is 5.30. The van der Waals surface area contributed by atoms with E-state index in [1.807, 2.05) is 41.1 Å². The summed E-state index contributed by atoms with van der Waals surface area (Å²) in [5.41, 5.74) is 6.05. The Morgan fingerprint density at radius 3 is 2.71 bits per heavy atom. The van der Waals surface area contributed by atoms with Gasteiger partial charge in [-0.3, -0.25) is 0 Å². The van der Waals surface area contributed by atoms with Crippen molar-refractivity contribution in [2.24, 2.45) is 5.73 Å². The van der Waals surface area contributed by atoms with Gasteiger partial charge in [-0.15, -0.1) is 0 Å². The summed E-state index contributed by atoms with van der Waals surface area (Å²) in [7, 11) is 0. The van der Waals surface area contributed by atoms with Gasteiger partial charge in [-0.1, -0.05) is 30.3 Å². The topological polar surface area (TPSA) is 67.6 Å². The zero-order chi connectivity index (χ0) is 12.1. The molecule has 1 aromatic carbocycles. The minimum absolute atomic E-state index is 0.559. The molecule has 0 radical (unpaired) electrons. The molecule has 0 amide bonds. The van der Waals surface area contributed by atoms with Gasteiger partial charge in [-0.05, 0) is 5.56 Å². The first-order valence-electron chi connectivity index (χ1n) is 5.46. The van der Waals surface area contributed by atoms with E-state index in [0.717, 1.165) is 5.56 Å². The third-order valence-electron chi connectivity index (χ3n) is 2.81. The molecule has 1 unspecified atom stereocenters. The van der Waals surface area contributed by atoms with Crippen molar-refractivity contribution >= 4 is 0 Å². The molecule has 86 valence electrons. The van der Waals surface area contributed by atoms with E-state index in [2.05, 4.69) is 11.1 Å². The van der Waals surface area contributed by atoms with Crippen LogP contribution in [-0.2, 0) is 12.1 Å². The molecule has 0 bridgehead atoms. The first kappa shape index (κ1) is 11.4. The van der Waals surface area contributed by atoms with Gasteiger partial charge in [0.05, 0.1) is 12.4 Å². The number of nitrogens with zero attached hydrogens (tertiary/aromatic N) is 3. The van der Waals surface area contributed by atoms with Gasteiger partial charge in [0.1, 0.15) is 5.54 Å². The van der Waals surface area contributed by atoms with Gasteiger partial charge in [0.15, 0.2) is 0 Å². The Hall–Kier alpha value is -2.12. The SMILES string of the molecule is N#CC(N)(CCn1ccnc1)c1ccccc1. The third kappa shape index (κ3) is 2.52. The average Bonchev–Trinajstić information content (AvgIpc) is 2.90. The van der Waals surface area contributed by atoms with E-state index in [4.69, 9.17) is 5.73 Å². The number of hydrogen-bond donors (Lipinski definition) is 1. The lowest BCUT2D eigenvalue weighted by Gasteiger charge is -2.22. The Kier molecular flexibility index (Phi) is 3.22. The molecule has 2 aromatic rings. The van der Waals surface area contributed by atoms with Gasteiger partial charge in [0.2, 0.25) is 0 Å². The van der Waals surface area contributed by atoms with Crippen molar-refractivity contribution in [2.45, 2.75) is 18.5 Å². The van der Waals surface area contributed by atoms with E-state index < -0.39 is 5.54 Å². The highest BCUT2D eigenvalue weighted by Crippen LogP contribution is 2.21. The molecule has 1 heterocycles. The number of rotatable bonds is 4. The summed E-state index contributed by atoms with van der Waals surface area (Å²) < 4.78 is 1.92. The molecule has 0 aliphatic heterocycles. The summed E-state index contributed by atoms with van der Waals surface area (Å²) in [5, 5.41) is 9.27. The Labute approximate surface area is 100 Å². The van der Waals surface area contributed by atoms with Crippen molar-refractivity contribution < 1.29 is 0 Å². The van der Waals surface area contributed by atoms with Gasteiger partial charge in [0.25, 0.3) is 0 Å². The molecule has 0 aliphatic carbocycles. The predicted molar refractivity (Wildman–Crippen MR) is 64.8 cm³/mol. The summed E-state index contributed by atoms with van der Waals surface area (Å²) in [5.74, 6) is 0. The van der Waals surface area contributed by atoms with Crippen LogP contribution in [0.15, 0.2) is 49.1 Å². The van der Waals surface area contributed by atoms with Crippen molar-refractivity contribution in [3.05, 3.63) is 54.6 Å². The zero-order valence-corrected chi connectivity index (χ0v) is 9.45. The van der Waals surface area contributed by atoms with Gasteiger partial charge in [0, 0.05) is 25.4 Å². The first-order chi connectivity index (χ1) is 8.24. The fourth-order valence-corrected chi connectivity index (χ4v) is 1.72. The number of aromatic nitrogens is 2. The number of benzene rings is 1. The number of nitrogens with two attached hydrogens (primary N) is 1. The van der Waals surface area contributed by atoms with Gasteiger partial charge >= 0.3 is 0 Å². The van der Waals surface area contributed by atoms with Crippen molar-refractivity contribution in [3.8, 4) is 6.07 Å². The molecule has 0 saturated carbocycles. The lowest BCUT2D eigenvalue weighted by Crippen LogP contribution is -2.36. The molecule has 2 N–H and O–H groups in total. The molecule has 1 atom stereocenters. The van der Waals surface area contributed by atoms with Crippen LogP contribution < -0.4 is 5.73 Å². The molecule has 17 heavy (non-hydrogen) atoms. The van der Waals surface area contributed by atoms with Crippen LogP contribution in [0.4, 0.5) is 0 Å². The maximum Gasteiger partial charge on any atom is 0.131 e. The van der Waals surface area contributed by atoms with E-state index in [1.54, 1.807) is 12.5 Å². The van der Waals surface area contributed by atoms with E-state index in [-0.39, 0.29) is 0 Å². The van der Waals surface area contributed by atoms with E-state index >= 15 is 0 Å². The summed E-state index contributed by atoms with van der Waals surface area (Å²) >= 11 is 0. The smallest absolute Gasteiger partial charge is 0.131 e. The molecular weight excluding hydrogens is 212 g/mol. The molecule has 0 fully saturated rings. The number of nitriles is 1. The highest BCUT2D eigenvalue weighted by Gasteiger charge is 2.26. The van der Waals surface area contributed by atoms with Crippen LogP contribution in [0.2, 0.25) is 0 Å². The normalized spacial score (nSPS) is 13.9. The van der Waals surface area contributed by atoms with Crippen LogP contribution in [-0.4, -0.2) is 9.55 Å². The summed E-state index contributed by atoms with van der Waals surface area (Å²) in [6, 6.07) is 11.7. The summed E-state index contributed by atoms with van der Waals surface area (Å²) in [6.45, 7) is 0.680. The van der Waals surface area contributed by atoms with Crippen LogP contribution in [0.3, 0.4) is 0 Å². The molecular formula is C13H14N4. The minimum atomic E-state index is -0.939. The molecule has 0 saturated heterocycles. The monoisotopic (exact) mass is 226 g/mol.